The van der Waals surface area contributed by atoms with E-state index in [1.165, 1.54) is 13.2 Å². The fourth-order valence-corrected chi connectivity index (χ4v) is 1.38. The number of nitrogens with two attached hydrogens (primary N) is 1. The molecule has 1 aromatic carbocycles. The van der Waals surface area contributed by atoms with Gasteiger partial charge < -0.3 is 15.8 Å². The molecule has 0 radical (unpaired) electrons. The van der Waals surface area contributed by atoms with Crippen LogP contribution in [0.5, 0.6) is 0 Å². The van der Waals surface area contributed by atoms with Crippen LogP contribution >= 0.6 is 0 Å². The Morgan fingerprint density at radius 3 is 2.45 bits per heavy atom. The van der Waals surface area contributed by atoms with E-state index >= 15 is 0 Å². The molecule has 0 saturated carbocycles. The highest BCUT2D eigenvalue weighted by molar-refractivity contribution is 5.94. The lowest BCUT2D eigenvalue weighted by molar-refractivity contribution is -0.140. The first-order valence-electron chi connectivity index (χ1n) is 5.95. The van der Waals surface area contributed by atoms with Crippen LogP contribution in [0.25, 0.3) is 6.08 Å². The Hall–Kier alpha value is -2.63. The van der Waals surface area contributed by atoms with Gasteiger partial charge in [-0.05, 0) is 23.8 Å². The lowest BCUT2D eigenvalue weighted by Crippen LogP contribution is -2.24. The van der Waals surface area contributed by atoms with E-state index in [1.807, 2.05) is 0 Å². The first-order chi connectivity index (χ1) is 9.52. The summed E-state index contributed by atoms with van der Waals surface area (Å²) in [6.45, 7) is 0.219. The third-order valence-electron chi connectivity index (χ3n) is 2.48. The van der Waals surface area contributed by atoms with Crippen LogP contribution in [0.15, 0.2) is 30.3 Å². The zero-order valence-corrected chi connectivity index (χ0v) is 11.1. The Bertz CT molecular complexity index is 520. The van der Waals surface area contributed by atoms with Gasteiger partial charge in [0.05, 0.1) is 13.5 Å². The average molecular weight is 276 g/mol. The van der Waals surface area contributed by atoms with Crippen molar-refractivity contribution in [1.82, 2.24) is 5.32 Å². The van der Waals surface area contributed by atoms with Crippen LogP contribution in [0.1, 0.15) is 22.3 Å². The van der Waals surface area contributed by atoms with Crippen molar-refractivity contribution in [1.29, 1.82) is 0 Å². The molecule has 0 unspecified atom stereocenters. The second kappa shape index (κ2) is 7.73. The lowest BCUT2D eigenvalue weighted by atomic mass is 10.1. The molecule has 0 bridgehead atoms. The number of carbonyl (C=O) groups is 3. The summed E-state index contributed by atoms with van der Waals surface area (Å²) in [5, 5.41) is 2.55. The predicted octanol–water partition coefficient (Wildman–Crippen LogP) is 0.478. The fourth-order valence-electron chi connectivity index (χ4n) is 1.38. The van der Waals surface area contributed by atoms with Gasteiger partial charge in [0.15, 0.2) is 0 Å². The maximum Gasteiger partial charge on any atom is 0.307 e. The standard InChI is InChI=1S/C14H16N2O4/c1-20-13(18)8-9-16-12(17)7-4-10-2-5-11(6-3-10)14(15)19/h2-7H,8-9H2,1H3,(H2,15,19)(H,16,17). The van der Waals surface area contributed by atoms with Crippen molar-refractivity contribution in [3.8, 4) is 0 Å². The van der Waals surface area contributed by atoms with Gasteiger partial charge in [0, 0.05) is 18.2 Å². The van der Waals surface area contributed by atoms with Crippen LogP contribution in [-0.4, -0.2) is 31.4 Å². The monoisotopic (exact) mass is 276 g/mol. The number of carbonyl (C=O) groups excluding carboxylic acids is 3. The molecule has 6 nitrogen and oxygen atoms in total. The van der Waals surface area contributed by atoms with Gasteiger partial charge in [-0.15, -0.1) is 0 Å². The molecule has 2 amide bonds. The van der Waals surface area contributed by atoms with Crippen LogP contribution < -0.4 is 11.1 Å². The number of amides is 2. The molecule has 0 aliphatic carbocycles. The number of nitrogens with one attached hydrogen (secondary N) is 1. The summed E-state index contributed by atoms with van der Waals surface area (Å²) in [5.41, 5.74) is 6.29. The lowest BCUT2D eigenvalue weighted by Gasteiger charge is -2.01. The van der Waals surface area contributed by atoms with E-state index in [0.29, 0.717) is 5.56 Å². The number of hydrogen-bond acceptors (Lipinski definition) is 4. The number of methoxy groups -OCH3 is 1. The summed E-state index contributed by atoms with van der Waals surface area (Å²) in [7, 11) is 1.29. The van der Waals surface area contributed by atoms with Gasteiger partial charge >= 0.3 is 5.97 Å². The van der Waals surface area contributed by atoms with Gasteiger partial charge in [-0.25, -0.2) is 0 Å². The maximum absolute atomic E-state index is 11.4. The van der Waals surface area contributed by atoms with Crippen molar-refractivity contribution in [3.05, 3.63) is 41.5 Å². The van der Waals surface area contributed by atoms with Crippen LogP contribution in [0.2, 0.25) is 0 Å². The molecule has 0 aliphatic rings. The molecule has 1 aromatic rings. The van der Waals surface area contributed by atoms with Gasteiger partial charge in [-0.2, -0.15) is 0 Å². The van der Waals surface area contributed by atoms with Crippen molar-refractivity contribution < 1.29 is 19.1 Å². The first kappa shape index (κ1) is 15.4. The highest BCUT2D eigenvalue weighted by atomic mass is 16.5. The van der Waals surface area contributed by atoms with Crippen LogP contribution in [-0.2, 0) is 14.3 Å². The van der Waals surface area contributed by atoms with E-state index in [1.54, 1.807) is 30.3 Å². The Morgan fingerprint density at radius 2 is 1.90 bits per heavy atom. The third kappa shape index (κ3) is 5.34. The minimum absolute atomic E-state index is 0.128. The van der Waals surface area contributed by atoms with E-state index in [2.05, 4.69) is 10.1 Å². The average Bonchev–Trinajstić information content (AvgIpc) is 2.45. The number of benzene rings is 1. The van der Waals surface area contributed by atoms with Crippen molar-refractivity contribution >= 4 is 23.9 Å². The van der Waals surface area contributed by atoms with Gasteiger partial charge in [0.1, 0.15) is 0 Å². The van der Waals surface area contributed by atoms with Crippen LogP contribution in [0, 0.1) is 0 Å². The highest BCUT2D eigenvalue weighted by Gasteiger charge is 2.01. The SMILES string of the molecule is COC(=O)CCNC(=O)C=Cc1ccc(C(N)=O)cc1. The van der Waals surface area contributed by atoms with E-state index in [4.69, 9.17) is 5.73 Å². The summed E-state index contributed by atoms with van der Waals surface area (Å²) >= 11 is 0. The Labute approximate surface area is 116 Å². The molecule has 0 aliphatic heterocycles. The molecular weight excluding hydrogens is 260 g/mol. The van der Waals surface area contributed by atoms with Gasteiger partial charge in [0.25, 0.3) is 0 Å². The number of esters is 1. The molecule has 0 saturated heterocycles. The molecule has 106 valence electrons. The summed E-state index contributed by atoms with van der Waals surface area (Å²) < 4.78 is 4.45. The maximum atomic E-state index is 11.4. The molecule has 0 fully saturated rings. The number of primary amides is 1. The molecule has 3 N–H and O–H groups in total. The van der Waals surface area contributed by atoms with Crippen LogP contribution in [0.4, 0.5) is 0 Å². The van der Waals surface area contributed by atoms with E-state index in [0.717, 1.165) is 5.56 Å². The second-order valence-corrected chi connectivity index (χ2v) is 3.94. The van der Waals surface area contributed by atoms with E-state index < -0.39 is 5.91 Å². The van der Waals surface area contributed by atoms with Crippen molar-refractivity contribution in [2.45, 2.75) is 6.42 Å². The summed E-state index contributed by atoms with van der Waals surface area (Å²) in [5.74, 6) is -1.19. The molecule has 0 spiro atoms. The first-order valence-corrected chi connectivity index (χ1v) is 5.95. The Morgan fingerprint density at radius 1 is 1.25 bits per heavy atom. The second-order valence-electron chi connectivity index (χ2n) is 3.94. The molecule has 6 heteroatoms. The largest absolute Gasteiger partial charge is 0.469 e. The summed E-state index contributed by atoms with van der Waals surface area (Å²) in [6, 6.07) is 6.52. The number of hydrogen-bond donors (Lipinski definition) is 2. The zero-order valence-electron chi connectivity index (χ0n) is 11.1. The molecule has 0 aromatic heterocycles. The Kier molecular flexibility index (Phi) is 5.96. The molecule has 0 heterocycles. The highest BCUT2D eigenvalue weighted by Crippen LogP contribution is 2.05. The third-order valence-corrected chi connectivity index (χ3v) is 2.48. The van der Waals surface area contributed by atoms with Crippen molar-refractivity contribution in [2.75, 3.05) is 13.7 Å². The Balaban J connectivity index is 2.44. The minimum Gasteiger partial charge on any atom is -0.469 e. The van der Waals surface area contributed by atoms with Gasteiger partial charge in [-0.3, -0.25) is 14.4 Å². The fraction of sp³-hybridized carbons (Fsp3) is 0.214. The minimum atomic E-state index is -0.499. The zero-order chi connectivity index (χ0) is 15.0. The normalized spacial score (nSPS) is 10.2. The number of ether oxygens (including phenoxy) is 1. The van der Waals surface area contributed by atoms with E-state index in [9.17, 15) is 14.4 Å². The van der Waals surface area contributed by atoms with Crippen molar-refractivity contribution in [3.63, 3.8) is 0 Å². The molecular formula is C14H16N2O4. The number of rotatable bonds is 6. The van der Waals surface area contributed by atoms with E-state index in [-0.39, 0.29) is 24.8 Å². The van der Waals surface area contributed by atoms with Gasteiger partial charge in [-0.1, -0.05) is 12.1 Å². The topological polar surface area (TPSA) is 98.5 Å². The van der Waals surface area contributed by atoms with Crippen LogP contribution in [0.3, 0.4) is 0 Å². The summed E-state index contributed by atoms with van der Waals surface area (Å²) in [4.78, 5) is 33.1. The predicted molar refractivity (Wildman–Crippen MR) is 73.6 cm³/mol. The molecule has 1 rings (SSSR count). The summed E-state index contributed by atoms with van der Waals surface area (Å²) in [6.07, 6.45) is 3.07. The molecule has 20 heavy (non-hydrogen) atoms. The van der Waals surface area contributed by atoms with Crippen molar-refractivity contribution in [2.24, 2.45) is 5.73 Å². The quantitative estimate of drug-likeness (QED) is 0.583. The molecule has 0 atom stereocenters. The van der Waals surface area contributed by atoms with Gasteiger partial charge in [0.2, 0.25) is 11.8 Å². The smallest absolute Gasteiger partial charge is 0.307 e.